The van der Waals surface area contributed by atoms with Gasteiger partial charge in [0.15, 0.2) is 0 Å². The van der Waals surface area contributed by atoms with E-state index in [1.165, 1.54) is 6.20 Å². The van der Waals surface area contributed by atoms with Gasteiger partial charge in [0.25, 0.3) is 0 Å². The first-order valence-electron chi connectivity index (χ1n) is 6.93. The molecule has 0 bridgehead atoms. The summed E-state index contributed by atoms with van der Waals surface area (Å²) in [5, 5.41) is 8.64. The third kappa shape index (κ3) is 4.04. The Morgan fingerprint density at radius 3 is 2.95 bits per heavy atom. The van der Waals surface area contributed by atoms with Crippen LogP contribution in [0, 0.1) is 6.92 Å². The zero-order valence-corrected chi connectivity index (χ0v) is 14.0. The normalized spacial score (nSPS) is 12.4. The quantitative estimate of drug-likeness (QED) is 0.887. The molecule has 1 N–H and O–H groups in total. The molecule has 0 aliphatic carbocycles. The molecule has 0 aliphatic heterocycles. The lowest BCUT2D eigenvalue weighted by molar-refractivity contribution is -0.124. The number of thiazole rings is 1. The molecule has 2 aromatic rings. The molecule has 1 unspecified atom stereocenters. The number of hydrogen-bond donors (Lipinski definition) is 1. The summed E-state index contributed by atoms with van der Waals surface area (Å²) in [6.45, 7) is 6.41. The van der Waals surface area contributed by atoms with Crippen LogP contribution in [0.2, 0.25) is 5.02 Å². The number of nitrogens with zero attached hydrogens (tertiary/aromatic N) is 3. The van der Waals surface area contributed by atoms with Crippen LogP contribution in [0.25, 0.3) is 0 Å². The highest BCUT2D eigenvalue weighted by Crippen LogP contribution is 2.19. The minimum absolute atomic E-state index is 0.0837. The number of carbonyl (C=O) groups excluding carboxylic acids is 1. The molecule has 0 fully saturated rings. The first kappa shape index (κ1) is 16.0. The third-order valence-electron chi connectivity index (χ3n) is 3.17. The van der Waals surface area contributed by atoms with E-state index < -0.39 is 0 Å². The molecule has 1 atom stereocenters. The highest BCUT2D eigenvalue weighted by Gasteiger charge is 2.16. The van der Waals surface area contributed by atoms with Gasteiger partial charge in [-0.2, -0.15) is 5.10 Å². The Balaban J connectivity index is 1.94. The Bertz CT molecular complexity index is 622. The van der Waals surface area contributed by atoms with E-state index in [4.69, 9.17) is 11.6 Å². The summed E-state index contributed by atoms with van der Waals surface area (Å²) in [4.78, 5) is 17.8. The highest BCUT2D eigenvalue weighted by molar-refractivity contribution is 7.11. The molecule has 2 rings (SSSR count). The first-order valence-corrected chi connectivity index (χ1v) is 8.13. The molecule has 0 saturated carbocycles. The summed E-state index contributed by atoms with van der Waals surface area (Å²) in [5.41, 5.74) is 0.999. The molecule has 0 aromatic carbocycles. The summed E-state index contributed by atoms with van der Waals surface area (Å²) in [6.07, 6.45) is 5.23. The molecule has 0 radical (unpaired) electrons. The average molecular weight is 327 g/mol. The molecule has 7 heteroatoms. The number of carbonyl (C=O) groups is 1. The van der Waals surface area contributed by atoms with E-state index in [2.05, 4.69) is 22.3 Å². The number of nitrogens with one attached hydrogen (secondary N) is 1. The van der Waals surface area contributed by atoms with Crippen molar-refractivity contribution in [1.29, 1.82) is 0 Å². The van der Waals surface area contributed by atoms with Gasteiger partial charge in [0.05, 0.1) is 28.5 Å². The van der Waals surface area contributed by atoms with Crippen molar-refractivity contribution in [3.63, 3.8) is 0 Å². The van der Waals surface area contributed by atoms with Crippen molar-refractivity contribution in [3.05, 3.63) is 33.0 Å². The van der Waals surface area contributed by atoms with Gasteiger partial charge in [-0.3, -0.25) is 9.48 Å². The molecule has 0 saturated heterocycles. The van der Waals surface area contributed by atoms with Gasteiger partial charge in [-0.1, -0.05) is 18.5 Å². The van der Waals surface area contributed by atoms with E-state index in [0.29, 0.717) is 11.6 Å². The molecule has 2 aromatic heterocycles. The Hall–Kier alpha value is -1.40. The van der Waals surface area contributed by atoms with Gasteiger partial charge in [-0.25, -0.2) is 4.98 Å². The van der Waals surface area contributed by atoms with Gasteiger partial charge < -0.3 is 5.32 Å². The third-order valence-corrected chi connectivity index (χ3v) is 4.58. The maximum atomic E-state index is 12.1. The van der Waals surface area contributed by atoms with Gasteiger partial charge in [0.1, 0.15) is 6.04 Å². The predicted molar refractivity (Wildman–Crippen MR) is 84.6 cm³/mol. The summed E-state index contributed by atoms with van der Waals surface area (Å²) in [7, 11) is 0. The van der Waals surface area contributed by atoms with Crippen molar-refractivity contribution in [1.82, 2.24) is 20.1 Å². The molecule has 114 valence electrons. The van der Waals surface area contributed by atoms with Crippen molar-refractivity contribution in [2.75, 3.05) is 0 Å². The maximum Gasteiger partial charge on any atom is 0.244 e. The number of aryl methyl sites for hydroxylation is 2. The number of halogens is 1. The van der Waals surface area contributed by atoms with Crippen molar-refractivity contribution >= 4 is 28.8 Å². The molecular formula is C14H19ClN4OS. The van der Waals surface area contributed by atoms with E-state index in [1.807, 2.05) is 6.92 Å². The van der Waals surface area contributed by atoms with Crippen LogP contribution in [0.5, 0.6) is 0 Å². The first-order chi connectivity index (χ1) is 10.0. The van der Waals surface area contributed by atoms with E-state index in [-0.39, 0.29) is 11.9 Å². The lowest BCUT2D eigenvalue weighted by Crippen LogP contribution is -2.30. The topological polar surface area (TPSA) is 59.8 Å². The van der Waals surface area contributed by atoms with Crippen LogP contribution in [0.4, 0.5) is 0 Å². The lowest BCUT2D eigenvalue weighted by Gasteiger charge is -2.12. The van der Waals surface area contributed by atoms with E-state index in [9.17, 15) is 4.79 Å². The summed E-state index contributed by atoms with van der Waals surface area (Å²) >= 11 is 7.48. The molecule has 2 heterocycles. The fourth-order valence-corrected chi connectivity index (χ4v) is 3.19. The van der Waals surface area contributed by atoms with Crippen molar-refractivity contribution in [2.24, 2.45) is 0 Å². The monoisotopic (exact) mass is 326 g/mol. The largest absolute Gasteiger partial charge is 0.349 e. The Labute approximate surface area is 133 Å². The zero-order chi connectivity index (χ0) is 15.4. The van der Waals surface area contributed by atoms with Gasteiger partial charge in [0.2, 0.25) is 5.91 Å². The molecule has 0 aliphatic rings. The van der Waals surface area contributed by atoms with Crippen LogP contribution in [-0.2, 0) is 17.8 Å². The van der Waals surface area contributed by atoms with Crippen LogP contribution >= 0.6 is 22.9 Å². The maximum absolute atomic E-state index is 12.1. The highest BCUT2D eigenvalue weighted by atomic mass is 35.5. The van der Waals surface area contributed by atoms with Crippen LogP contribution < -0.4 is 5.32 Å². The van der Waals surface area contributed by atoms with Crippen molar-refractivity contribution in [2.45, 2.75) is 46.2 Å². The smallest absolute Gasteiger partial charge is 0.244 e. The van der Waals surface area contributed by atoms with E-state index >= 15 is 0 Å². The SMILES string of the molecule is CCCc1nc(C)c(CNC(=O)C(C)n2cc(Cl)cn2)s1. The summed E-state index contributed by atoms with van der Waals surface area (Å²) in [5.74, 6) is -0.0837. The Morgan fingerprint density at radius 1 is 1.57 bits per heavy atom. The molecule has 5 nitrogen and oxygen atoms in total. The van der Waals surface area contributed by atoms with Crippen LogP contribution in [-0.4, -0.2) is 20.7 Å². The summed E-state index contributed by atoms with van der Waals surface area (Å²) < 4.78 is 1.56. The molecule has 1 amide bonds. The van der Waals surface area contributed by atoms with Gasteiger partial charge in [-0.05, 0) is 26.7 Å². The van der Waals surface area contributed by atoms with Crippen molar-refractivity contribution < 1.29 is 4.79 Å². The number of hydrogen-bond acceptors (Lipinski definition) is 4. The Morgan fingerprint density at radius 2 is 2.33 bits per heavy atom. The second-order valence-electron chi connectivity index (χ2n) is 4.90. The van der Waals surface area contributed by atoms with Gasteiger partial charge >= 0.3 is 0 Å². The minimum Gasteiger partial charge on any atom is -0.349 e. The van der Waals surface area contributed by atoms with Crippen LogP contribution in [0.3, 0.4) is 0 Å². The second kappa shape index (κ2) is 7.04. The van der Waals surface area contributed by atoms with Gasteiger partial charge in [0, 0.05) is 11.1 Å². The number of amides is 1. The Kier molecular flexibility index (Phi) is 5.36. The van der Waals surface area contributed by atoms with E-state index in [0.717, 1.165) is 28.4 Å². The number of aromatic nitrogens is 3. The van der Waals surface area contributed by atoms with Gasteiger partial charge in [-0.15, -0.1) is 11.3 Å². The fourth-order valence-electron chi connectivity index (χ4n) is 1.93. The molecule has 21 heavy (non-hydrogen) atoms. The predicted octanol–water partition coefficient (Wildman–Crippen LogP) is 3.13. The van der Waals surface area contributed by atoms with Crippen molar-refractivity contribution in [3.8, 4) is 0 Å². The average Bonchev–Trinajstić information content (AvgIpc) is 3.02. The minimum atomic E-state index is -0.388. The van der Waals surface area contributed by atoms with Crippen LogP contribution in [0.1, 0.15) is 41.9 Å². The van der Waals surface area contributed by atoms with Crippen LogP contribution in [0.15, 0.2) is 12.4 Å². The van der Waals surface area contributed by atoms with E-state index in [1.54, 1.807) is 29.1 Å². The standard InChI is InChI=1S/C14H19ClN4OS/c1-4-5-13-18-9(2)12(21-13)7-16-14(20)10(3)19-8-11(15)6-17-19/h6,8,10H,4-5,7H2,1-3H3,(H,16,20). The molecule has 0 spiro atoms. The zero-order valence-electron chi connectivity index (χ0n) is 12.4. The lowest BCUT2D eigenvalue weighted by atomic mass is 10.3. The fraction of sp³-hybridized carbons (Fsp3) is 0.500. The molecular weight excluding hydrogens is 308 g/mol. The summed E-state index contributed by atoms with van der Waals surface area (Å²) in [6, 6.07) is -0.388. The second-order valence-corrected chi connectivity index (χ2v) is 6.50. The number of rotatable bonds is 6.